The van der Waals surface area contributed by atoms with Gasteiger partial charge in [-0.15, -0.1) is 16.4 Å². The molecule has 0 fully saturated rings. The lowest BCUT2D eigenvalue weighted by Gasteiger charge is -1.97. The summed E-state index contributed by atoms with van der Waals surface area (Å²) in [5, 5.41) is 17.6. The van der Waals surface area contributed by atoms with Gasteiger partial charge in [-0.3, -0.25) is 0 Å². The third-order valence-electron chi connectivity index (χ3n) is 3.03. The van der Waals surface area contributed by atoms with E-state index >= 15 is 0 Å². The molecule has 110 valence electrons. The first-order valence-electron chi connectivity index (χ1n) is 6.47. The van der Waals surface area contributed by atoms with Crippen LogP contribution in [0.1, 0.15) is 21.2 Å². The van der Waals surface area contributed by atoms with Crippen molar-refractivity contribution in [2.24, 2.45) is 7.05 Å². The fourth-order valence-corrected chi connectivity index (χ4v) is 2.91. The number of hydrogen-bond donors (Lipinski definition) is 1. The van der Waals surface area contributed by atoms with Gasteiger partial charge in [-0.05, 0) is 17.7 Å². The van der Waals surface area contributed by atoms with E-state index in [4.69, 9.17) is 0 Å². The number of rotatable bonds is 4. The molecule has 3 aromatic rings. The van der Waals surface area contributed by atoms with Gasteiger partial charge >= 0.3 is 5.97 Å². The van der Waals surface area contributed by atoms with Gasteiger partial charge in [0.25, 0.3) is 0 Å². The van der Waals surface area contributed by atoms with E-state index in [0.717, 1.165) is 11.3 Å². The van der Waals surface area contributed by atoms with Crippen molar-refractivity contribution in [3.63, 3.8) is 0 Å². The second-order valence-electron chi connectivity index (χ2n) is 4.52. The monoisotopic (exact) mass is 312 g/mol. The van der Waals surface area contributed by atoms with Gasteiger partial charge in [0.2, 0.25) is 0 Å². The minimum atomic E-state index is -1.03. The fourth-order valence-electron chi connectivity index (χ4n) is 1.94. The molecule has 2 aromatic heterocycles. The first-order valence-corrected chi connectivity index (χ1v) is 7.29. The van der Waals surface area contributed by atoms with Crippen LogP contribution >= 0.6 is 11.3 Å². The van der Waals surface area contributed by atoms with Crippen LogP contribution in [0.15, 0.2) is 36.5 Å². The molecule has 1 aromatic carbocycles. The number of aryl methyl sites for hydroxylation is 1. The molecule has 0 radical (unpaired) electrons. The van der Waals surface area contributed by atoms with E-state index in [1.54, 1.807) is 30.1 Å². The summed E-state index contributed by atoms with van der Waals surface area (Å²) in [6, 6.07) is 9.38. The van der Waals surface area contributed by atoms with Crippen molar-refractivity contribution in [1.82, 2.24) is 20.0 Å². The summed E-state index contributed by atoms with van der Waals surface area (Å²) in [4.78, 5) is 16.2. The highest BCUT2D eigenvalue weighted by atomic mass is 32.1. The Bertz CT molecular complexity index is 836. The van der Waals surface area contributed by atoms with Gasteiger partial charge in [0, 0.05) is 7.05 Å². The Hall–Kier alpha value is -2.80. The minimum absolute atomic E-state index is 0.0685. The maximum atomic E-state index is 11.4. The summed E-state index contributed by atoms with van der Waals surface area (Å²) < 4.78 is 1.63. The predicted molar refractivity (Wildman–Crippen MR) is 84.4 cm³/mol. The molecule has 0 aliphatic heterocycles. The molecule has 0 saturated heterocycles. The molecular weight excluding hydrogens is 300 g/mol. The van der Waals surface area contributed by atoms with Crippen LogP contribution in [0, 0.1) is 0 Å². The van der Waals surface area contributed by atoms with Crippen LogP contribution in [0.25, 0.3) is 22.6 Å². The van der Waals surface area contributed by atoms with E-state index in [0.29, 0.717) is 9.88 Å². The maximum Gasteiger partial charge on any atom is 0.356 e. The average molecular weight is 312 g/mol. The number of nitrogens with zero attached hydrogens (tertiary/aromatic N) is 4. The lowest BCUT2D eigenvalue weighted by Crippen LogP contribution is -1.98. The third-order valence-corrected chi connectivity index (χ3v) is 4.10. The normalized spacial score (nSPS) is 11.1. The number of thiazole rings is 1. The molecule has 1 N–H and O–H groups in total. The van der Waals surface area contributed by atoms with Crippen molar-refractivity contribution >= 4 is 29.5 Å². The zero-order valence-corrected chi connectivity index (χ0v) is 12.5. The zero-order chi connectivity index (χ0) is 15.5. The second-order valence-corrected chi connectivity index (χ2v) is 5.55. The van der Waals surface area contributed by atoms with Crippen molar-refractivity contribution < 1.29 is 9.90 Å². The average Bonchev–Trinajstić information content (AvgIpc) is 3.12. The van der Waals surface area contributed by atoms with Crippen molar-refractivity contribution in [3.05, 3.63) is 52.9 Å². The third kappa shape index (κ3) is 2.79. The number of carboxylic acids is 1. The largest absolute Gasteiger partial charge is 0.476 e. The van der Waals surface area contributed by atoms with Gasteiger partial charge in [-0.2, -0.15) is 0 Å². The van der Waals surface area contributed by atoms with Crippen molar-refractivity contribution in [2.75, 3.05) is 0 Å². The Kier molecular flexibility index (Phi) is 3.80. The van der Waals surface area contributed by atoms with Crippen molar-refractivity contribution in [2.45, 2.75) is 0 Å². The van der Waals surface area contributed by atoms with Crippen LogP contribution in [0.5, 0.6) is 0 Å². The molecule has 0 unspecified atom stereocenters. The predicted octanol–water partition coefficient (Wildman–Crippen LogP) is 2.81. The molecule has 7 heteroatoms. The lowest BCUT2D eigenvalue weighted by atomic mass is 10.1. The number of aromatic carboxylic acids is 1. The Morgan fingerprint density at radius 1 is 1.27 bits per heavy atom. The molecule has 0 amide bonds. The smallest absolute Gasteiger partial charge is 0.356 e. The van der Waals surface area contributed by atoms with Crippen LogP contribution in [0.3, 0.4) is 0 Å². The first-order chi connectivity index (χ1) is 10.6. The highest BCUT2D eigenvalue weighted by Crippen LogP contribution is 2.31. The molecule has 0 atom stereocenters. The quantitative estimate of drug-likeness (QED) is 0.801. The van der Waals surface area contributed by atoms with E-state index < -0.39 is 5.97 Å². The summed E-state index contributed by atoms with van der Waals surface area (Å²) in [6.45, 7) is 0. The molecule has 22 heavy (non-hydrogen) atoms. The second kappa shape index (κ2) is 5.90. The van der Waals surface area contributed by atoms with Gasteiger partial charge in [0.1, 0.15) is 5.01 Å². The molecule has 6 nitrogen and oxygen atoms in total. The summed E-state index contributed by atoms with van der Waals surface area (Å²) in [5.74, 6) is -1.03. The molecule has 0 aliphatic rings. The van der Waals surface area contributed by atoms with Gasteiger partial charge < -0.3 is 5.11 Å². The fraction of sp³-hybridized carbons (Fsp3) is 0.0667. The van der Waals surface area contributed by atoms with E-state index in [1.807, 2.05) is 30.3 Å². The van der Waals surface area contributed by atoms with Crippen LogP contribution in [0.4, 0.5) is 0 Å². The number of aromatic nitrogens is 4. The van der Waals surface area contributed by atoms with E-state index in [2.05, 4.69) is 15.3 Å². The molecule has 2 heterocycles. The SMILES string of the molecule is Cn1nncc1/C=C/c1nc(C(=O)O)c(-c2ccccc2)s1. The zero-order valence-electron chi connectivity index (χ0n) is 11.7. The Balaban J connectivity index is 1.99. The van der Waals surface area contributed by atoms with E-state index in [1.165, 1.54) is 11.3 Å². The summed E-state index contributed by atoms with van der Waals surface area (Å²) in [6.07, 6.45) is 5.20. The van der Waals surface area contributed by atoms with Crippen LogP contribution in [-0.2, 0) is 7.05 Å². The molecule has 0 spiro atoms. The van der Waals surface area contributed by atoms with Crippen LogP contribution < -0.4 is 0 Å². The Morgan fingerprint density at radius 2 is 2.05 bits per heavy atom. The van der Waals surface area contributed by atoms with Crippen LogP contribution in [-0.4, -0.2) is 31.1 Å². The molecule has 0 bridgehead atoms. The maximum absolute atomic E-state index is 11.4. The number of carboxylic acid groups (broad SMARTS) is 1. The summed E-state index contributed by atoms with van der Waals surface area (Å²) in [7, 11) is 1.78. The highest BCUT2D eigenvalue weighted by Gasteiger charge is 2.17. The van der Waals surface area contributed by atoms with Gasteiger partial charge in [0.05, 0.1) is 16.8 Å². The number of benzene rings is 1. The topological polar surface area (TPSA) is 80.9 Å². The van der Waals surface area contributed by atoms with E-state index in [-0.39, 0.29) is 5.69 Å². The van der Waals surface area contributed by atoms with Gasteiger partial charge in [-0.1, -0.05) is 35.5 Å². The van der Waals surface area contributed by atoms with Crippen LogP contribution in [0.2, 0.25) is 0 Å². The van der Waals surface area contributed by atoms with Gasteiger partial charge in [-0.25, -0.2) is 14.5 Å². The molecule has 3 rings (SSSR count). The molecular formula is C15H12N4O2S. The standard InChI is InChI=1S/C15H12N4O2S/c1-19-11(9-16-18-19)7-8-12-17-13(15(20)21)14(22-12)10-5-3-2-4-6-10/h2-9H,1H3,(H,20,21)/b8-7+. The molecule has 0 saturated carbocycles. The Labute approximate surface area is 130 Å². The Morgan fingerprint density at radius 3 is 2.68 bits per heavy atom. The number of carbonyl (C=O) groups is 1. The minimum Gasteiger partial charge on any atom is -0.476 e. The number of hydrogen-bond acceptors (Lipinski definition) is 5. The highest BCUT2D eigenvalue weighted by molar-refractivity contribution is 7.16. The summed E-state index contributed by atoms with van der Waals surface area (Å²) in [5.41, 5.74) is 1.73. The lowest BCUT2D eigenvalue weighted by molar-refractivity contribution is 0.0692. The molecule has 0 aliphatic carbocycles. The van der Waals surface area contributed by atoms with Gasteiger partial charge in [0.15, 0.2) is 5.69 Å². The van der Waals surface area contributed by atoms with Crippen molar-refractivity contribution in [1.29, 1.82) is 0 Å². The van der Waals surface area contributed by atoms with E-state index in [9.17, 15) is 9.90 Å². The first kappa shape index (κ1) is 14.2. The summed E-state index contributed by atoms with van der Waals surface area (Å²) >= 11 is 1.34. The van der Waals surface area contributed by atoms with Crippen molar-refractivity contribution in [3.8, 4) is 10.4 Å².